The normalized spacial score (nSPS) is 12.1. The topological polar surface area (TPSA) is 55.8 Å². The van der Waals surface area contributed by atoms with Crippen molar-refractivity contribution in [2.24, 2.45) is 0 Å². The van der Waals surface area contributed by atoms with E-state index in [9.17, 15) is 4.79 Å². The molecule has 0 radical (unpaired) electrons. The van der Waals surface area contributed by atoms with Crippen LogP contribution in [0.5, 0.6) is 0 Å². The minimum Gasteiger partial charge on any atom is -0.438 e. The maximum absolute atomic E-state index is 11.0. The van der Waals surface area contributed by atoms with Crippen molar-refractivity contribution in [3.05, 3.63) is 0 Å². The van der Waals surface area contributed by atoms with Crippen molar-refractivity contribution in [2.75, 3.05) is 13.7 Å². The van der Waals surface area contributed by atoms with E-state index in [1.54, 1.807) is 0 Å². The third kappa shape index (κ3) is 16.1. The second kappa shape index (κ2) is 18.6. The van der Waals surface area contributed by atoms with Gasteiger partial charge in [0.15, 0.2) is 0 Å². The van der Waals surface area contributed by atoms with Gasteiger partial charge in [0.25, 0.3) is 0 Å². The molecular formula is C20H40O4. The molecule has 24 heavy (non-hydrogen) atoms. The predicted molar refractivity (Wildman–Crippen MR) is 99.3 cm³/mol. The Kier molecular flexibility index (Phi) is 18.0. The lowest BCUT2D eigenvalue weighted by Gasteiger charge is -2.14. The van der Waals surface area contributed by atoms with Crippen molar-refractivity contribution in [3.63, 3.8) is 0 Å². The van der Waals surface area contributed by atoms with E-state index in [1.807, 2.05) is 0 Å². The highest BCUT2D eigenvalue weighted by atomic mass is 16.7. The smallest absolute Gasteiger partial charge is 0.438 e. The van der Waals surface area contributed by atoms with Crippen LogP contribution in [0.4, 0.5) is 4.79 Å². The van der Waals surface area contributed by atoms with Crippen molar-refractivity contribution >= 4 is 6.16 Å². The fourth-order valence-corrected chi connectivity index (χ4v) is 2.94. The average molecular weight is 345 g/mol. The number of rotatable bonds is 17. The van der Waals surface area contributed by atoms with Crippen LogP contribution in [0.15, 0.2) is 0 Å². The Balaban J connectivity index is 3.23. The highest BCUT2D eigenvalue weighted by Crippen LogP contribution is 2.14. The van der Waals surface area contributed by atoms with E-state index in [1.165, 1.54) is 84.2 Å². The molecule has 1 unspecified atom stereocenters. The first-order valence-electron chi connectivity index (χ1n) is 10.1. The number of hydrogen-bond acceptors (Lipinski definition) is 4. The molecule has 0 amide bonds. The molecule has 144 valence electrons. The summed E-state index contributed by atoms with van der Waals surface area (Å²) in [6, 6.07) is 0. The third-order valence-electron chi connectivity index (χ3n) is 4.51. The van der Waals surface area contributed by atoms with Crippen molar-refractivity contribution in [1.82, 2.24) is 0 Å². The summed E-state index contributed by atoms with van der Waals surface area (Å²) in [5.41, 5.74) is 0. The minimum atomic E-state index is -0.709. The molecule has 4 heteroatoms. The van der Waals surface area contributed by atoms with Crippen LogP contribution in [0, 0.1) is 0 Å². The Morgan fingerprint density at radius 3 is 1.58 bits per heavy atom. The van der Waals surface area contributed by atoms with Crippen LogP contribution in [0.25, 0.3) is 0 Å². The van der Waals surface area contributed by atoms with Crippen LogP contribution < -0.4 is 0 Å². The van der Waals surface area contributed by atoms with Gasteiger partial charge in [-0.25, -0.2) is 4.79 Å². The monoisotopic (exact) mass is 344 g/mol. The lowest BCUT2D eigenvalue weighted by Crippen LogP contribution is -2.21. The van der Waals surface area contributed by atoms with Crippen molar-refractivity contribution in [1.29, 1.82) is 0 Å². The fourth-order valence-electron chi connectivity index (χ4n) is 2.94. The lowest BCUT2D eigenvalue weighted by molar-refractivity contribution is 0.00885. The van der Waals surface area contributed by atoms with E-state index < -0.39 is 12.3 Å². The molecule has 0 heterocycles. The van der Waals surface area contributed by atoms with E-state index in [4.69, 9.17) is 9.84 Å². The molecule has 0 aromatic rings. The Bertz CT molecular complexity index is 268. The summed E-state index contributed by atoms with van der Waals surface area (Å²) in [6.07, 6.45) is 18.1. The minimum absolute atomic E-state index is 0.131. The largest absolute Gasteiger partial charge is 0.508 e. The Morgan fingerprint density at radius 1 is 0.792 bits per heavy atom. The van der Waals surface area contributed by atoms with Crippen molar-refractivity contribution in [2.45, 2.75) is 109 Å². The first-order valence-corrected chi connectivity index (χ1v) is 10.1. The van der Waals surface area contributed by atoms with E-state index in [2.05, 4.69) is 11.7 Å². The molecule has 0 aromatic heterocycles. The summed E-state index contributed by atoms with van der Waals surface area (Å²) in [7, 11) is 1.28. The van der Waals surface area contributed by atoms with Crippen LogP contribution in [0.3, 0.4) is 0 Å². The molecule has 0 rings (SSSR count). The van der Waals surface area contributed by atoms with Gasteiger partial charge in [-0.15, -0.1) is 0 Å². The van der Waals surface area contributed by atoms with E-state index >= 15 is 0 Å². The average Bonchev–Trinajstić information content (AvgIpc) is 2.60. The first-order chi connectivity index (χ1) is 11.7. The zero-order valence-corrected chi connectivity index (χ0v) is 16.1. The zero-order chi connectivity index (χ0) is 17.9. The summed E-state index contributed by atoms with van der Waals surface area (Å²) in [5, 5.41) is 9.14. The van der Waals surface area contributed by atoms with Gasteiger partial charge in [-0.05, 0) is 12.8 Å². The van der Waals surface area contributed by atoms with Crippen LogP contribution >= 0.6 is 0 Å². The number of unbranched alkanes of at least 4 members (excludes halogenated alkanes) is 13. The van der Waals surface area contributed by atoms with Gasteiger partial charge in [-0.1, -0.05) is 90.4 Å². The number of ether oxygens (including phenoxy) is 2. The van der Waals surface area contributed by atoms with Gasteiger partial charge >= 0.3 is 6.16 Å². The summed E-state index contributed by atoms with van der Waals surface area (Å²) >= 11 is 0. The number of hydrogen-bond donors (Lipinski definition) is 1. The van der Waals surface area contributed by atoms with Gasteiger partial charge in [0.1, 0.15) is 6.10 Å². The molecular weight excluding hydrogens is 304 g/mol. The van der Waals surface area contributed by atoms with Gasteiger partial charge in [0.05, 0.1) is 13.7 Å². The van der Waals surface area contributed by atoms with Crippen LogP contribution in [0.2, 0.25) is 0 Å². The molecule has 0 saturated carbocycles. The zero-order valence-electron chi connectivity index (χ0n) is 16.1. The summed E-state index contributed by atoms with van der Waals surface area (Å²) in [6.45, 7) is 2.13. The molecule has 0 aromatic carbocycles. The van der Waals surface area contributed by atoms with Gasteiger partial charge in [-0.3, -0.25) is 0 Å². The Labute approximate surface area is 149 Å². The molecule has 1 atom stereocenters. The van der Waals surface area contributed by atoms with Crippen LogP contribution in [-0.4, -0.2) is 31.1 Å². The molecule has 0 aliphatic carbocycles. The highest BCUT2D eigenvalue weighted by molar-refractivity contribution is 5.59. The Morgan fingerprint density at radius 2 is 1.21 bits per heavy atom. The molecule has 0 fully saturated rings. The third-order valence-corrected chi connectivity index (χ3v) is 4.51. The van der Waals surface area contributed by atoms with E-state index in [-0.39, 0.29) is 6.61 Å². The molecule has 4 nitrogen and oxygen atoms in total. The highest BCUT2D eigenvalue weighted by Gasteiger charge is 2.12. The van der Waals surface area contributed by atoms with E-state index in [0.717, 1.165) is 12.8 Å². The first kappa shape index (κ1) is 23.2. The van der Waals surface area contributed by atoms with Crippen LogP contribution in [-0.2, 0) is 9.47 Å². The lowest BCUT2D eigenvalue weighted by atomic mass is 10.0. The molecule has 0 bridgehead atoms. The molecule has 0 spiro atoms. The second-order valence-corrected chi connectivity index (χ2v) is 6.76. The van der Waals surface area contributed by atoms with Crippen LogP contribution in [0.1, 0.15) is 103 Å². The number of aliphatic hydroxyl groups excluding tert-OH is 1. The Hall–Kier alpha value is -0.770. The maximum atomic E-state index is 11.0. The SMILES string of the molecule is CCCCCCCCCCCCCCCCC(CO)OC(=O)OC. The number of methoxy groups -OCH3 is 1. The molecule has 1 N–H and O–H groups in total. The molecule has 0 aliphatic heterocycles. The quantitative estimate of drug-likeness (QED) is 0.260. The standard InChI is InChI=1S/C20H40O4/c1-3-4-5-6-7-8-9-10-11-12-13-14-15-16-17-19(18-21)24-20(22)23-2/h19,21H,3-18H2,1-2H3. The van der Waals surface area contributed by atoms with Gasteiger partial charge in [0, 0.05) is 0 Å². The fraction of sp³-hybridized carbons (Fsp3) is 0.950. The van der Waals surface area contributed by atoms with E-state index in [0.29, 0.717) is 6.42 Å². The van der Waals surface area contributed by atoms with Gasteiger partial charge in [-0.2, -0.15) is 0 Å². The van der Waals surface area contributed by atoms with Crippen molar-refractivity contribution in [3.8, 4) is 0 Å². The number of carbonyl (C=O) groups excluding carboxylic acids is 1. The molecule has 0 saturated heterocycles. The predicted octanol–water partition coefficient (Wildman–Crippen LogP) is 6.00. The summed E-state index contributed by atoms with van der Waals surface area (Å²) < 4.78 is 9.39. The van der Waals surface area contributed by atoms with Gasteiger partial charge < -0.3 is 14.6 Å². The van der Waals surface area contributed by atoms with Crippen molar-refractivity contribution < 1.29 is 19.4 Å². The second-order valence-electron chi connectivity index (χ2n) is 6.76. The maximum Gasteiger partial charge on any atom is 0.508 e. The number of carbonyl (C=O) groups is 1. The number of aliphatic hydroxyl groups is 1. The molecule has 0 aliphatic rings. The van der Waals surface area contributed by atoms with Gasteiger partial charge in [0.2, 0.25) is 0 Å². The summed E-state index contributed by atoms with van der Waals surface area (Å²) in [4.78, 5) is 11.0. The summed E-state index contributed by atoms with van der Waals surface area (Å²) in [5.74, 6) is 0.